The summed E-state index contributed by atoms with van der Waals surface area (Å²) in [6.07, 6.45) is -1.97. The van der Waals surface area contributed by atoms with Crippen molar-refractivity contribution >= 4 is 35.1 Å². The summed E-state index contributed by atoms with van der Waals surface area (Å²) in [7, 11) is 0. The molecule has 0 spiro atoms. The molecule has 0 aromatic heterocycles. The van der Waals surface area contributed by atoms with Crippen LogP contribution in [0.1, 0.15) is 64.9 Å². The van der Waals surface area contributed by atoms with E-state index in [1.807, 2.05) is 41.5 Å². The Balaban J connectivity index is 2.28. The predicted octanol–water partition coefficient (Wildman–Crippen LogP) is 5.05. The molecule has 0 saturated heterocycles. The van der Waals surface area contributed by atoms with E-state index in [0.717, 1.165) is 0 Å². The summed E-state index contributed by atoms with van der Waals surface area (Å²) < 4.78 is 11.0. The van der Waals surface area contributed by atoms with Gasteiger partial charge >= 0.3 is 11.9 Å². The lowest BCUT2D eigenvalue weighted by atomic mass is 10.1. The molecule has 10 heteroatoms. The Morgan fingerprint density at radius 3 is 1.39 bits per heavy atom. The van der Waals surface area contributed by atoms with Crippen LogP contribution in [0.15, 0.2) is 36.4 Å². The van der Waals surface area contributed by atoms with Gasteiger partial charge in [-0.3, -0.25) is 0 Å². The Hall–Kier alpha value is -2.52. The number of ether oxygens (including phenoxy) is 2. The zero-order valence-corrected chi connectivity index (χ0v) is 22.8. The number of phenolic OH excluding ortho intramolecular Hbond substituents is 2. The van der Waals surface area contributed by atoms with Gasteiger partial charge < -0.3 is 30.3 Å². The minimum absolute atomic E-state index is 0.0122. The molecule has 198 valence electrons. The maximum absolute atomic E-state index is 12.8. The smallest absolute Gasteiger partial charge is 0.418 e. The molecule has 0 aliphatic carbocycles. The van der Waals surface area contributed by atoms with E-state index in [0.29, 0.717) is 11.1 Å². The van der Waals surface area contributed by atoms with E-state index >= 15 is 0 Å². The molecule has 0 bridgehead atoms. The minimum atomic E-state index is -1.24. The lowest BCUT2D eigenvalue weighted by Gasteiger charge is -2.27. The Bertz CT molecular complexity index is 994. The number of hydrogen-bond donors (Lipinski definition) is 4. The number of benzene rings is 2. The van der Waals surface area contributed by atoms with Gasteiger partial charge in [0, 0.05) is 35.3 Å². The van der Waals surface area contributed by atoms with E-state index in [1.165, 1.54) is 12.1 Å². The van der Waals surface area contributed by atoms with Crippen molar-refractivity contribution in [2.75, 3.05) is 13.1 Å². The summed E-state index contributed by atoms with van der Waals surface area (Å²) in [5, 5.41) is 26.5. The average molecular weight is 541 g/mol. The highest BCUT2D eigenvalue weighted by Crippen LogP contribution is 2.34. The predicted molar refractivity (Wildman–Crippen MR) is 139 cm³/mol. The Morgan fingerprint density at radius 1 is 0.750 bits per heavy atom. The zero-order chi connectivity index (χ0) is 27.3. The zero-order valence-electron chi connectivity index (χ0n) is 21.3. The molecule has 0 fully saturated rings. The average Bonchev–Trinajstić information content (AvgIpc) is 2.76. The third-order valence-electron chi connectivity index (χ3n) is 5.01. The van der Waals surface area contributed by atoms with E-state index in [4.69, 9.17) is 32.7 Å². The van der Waals surface area contributed by atoms with Gasteiger partial charge in [-0.2, -0.15) is 0 Å². The normalized spacial score (nSPS) is 13.7. The number of carbonyl (C=O) groups excluding carboxylic acids is 2. The van der Waals surface area contributed by atoms with E-state index in [2.05, 4.69) is 10.6 Å². The fourth-order valence-electron chi connectivity index (χ4n) is 3.15. The molecule has 0 aliphatic rings. The molecule has 0 radical (unpaired) electrons. The Labute approximate surface area is 221 Å². The molecule has 0 amide bonds. The number of carbonyl (C=O) groups is 2. The van der Waals surface area contributed by atoms with Crippen molar-refractivity contribution in [1.82, 2.24) is 10.6 Å². The SMILES string of the molecule is CC(C)(C)NCC(OC(=O)C(=O)OC(CNC(C)(C)C)c1cccc(O)c1Cl)c1cccc(O)c1Cl. The highest BCUT2D eigenvalue weighted by atomic mass is 35.5. The summed E-state index contributed by atoms with van der Waals surface area (Å²) >= 11 is 12.5. The van der Waals surface area contributed by atoms with Crippen molar-refractivity contribution in [2.45, 2.75) is 64.8 Å². The van der Waals surface area contributed by atoms with Gasteiger partial charge in [-0.1, -0.05) is 47.5 Å². The molecule has 2 aromatic rings. The molecule has 2 aromatic carbocycles. The first-order valence-electron chi connectivity index (χ1n) is 11.5. The number of rotatable bonds is 8. The largest absolute Gasteiger partial charge is 0.506 e. The third kappa shape index (κ3) is 8.85. The van der Waals surface area contributed by atoms with Gasteiger partial charge in [0.1, 0.15) is 23.7 Å². The lowest BCUT2D eigenvalue weighted by Crippen LogP contribution is -2.41. The summed E-state index contributed by atoms with van der Waals surface area (Å²) in [5.74, 6) is -2.85. The van der Waals surface area contributed by atoms with Crippen LogP contribution in [-0.4, -0.2) is 46.3 Å². The van der Waals surface area contributed by atoms with Crippen molar-refractivity contribution in [3.63, 3.8) is 0 Å². The minimum Gasteiger partial charge on any atom is -0.506 e. The fourth-order valence-corrected chi connectivity index (χ4v) is 3.65. The second kappa shape index (κ2) is 12.1. The van der Waals surface area contributed by atoms with Crippen LogP contribution in [0.2, 0.25) is 10.0 Å². The molecule has 0 aliphatic heterocycles. The van der Waals surface area contributed by atoms with Crippen molar-refractivity contribution in [1.29, 1.82) is 0 Å². The number of halogens is 2. The third-order valence-corrected chi connectivity index (χ3v) is 5.83. The summed E-state index contributed by atoms with van der Waals surface area (Å²) in [4.78, 5) is 25.7. The standard InChI is InChI=1S/C26H34Cl2N2O6/c1-25(2,3)29-13-19(15-9-7-11-17(31)21(15)27)35-23(33)24(34)36-20(14-30-26(4,5)6)16-10-8-12-18(32)22(16)28/h7-12,19-20,29-32H,13-14H2,1-6H3. The molecule has 2 rings (SSSR count). The highest BCUT2D eigenvalue weighted by molar-refractivity contribution is 6.33. The fraction of sp³-hybridized carbons (Fsp3) is 0.462. The number of nitrogens with one attached hydrogen (secondary N) is 2. The van der Waals surface area contributed by atoms with Gasteiger partial charge in [0.25, 0.3) is 0 Å². The van der Waals surface area contributed by atoms with Gasteiger partial charge in [0.05, 0.1) is 10.0 Å². The van der Waals surface area contributed by atoms with Crippen molar-refractivity contribution in [3.8, 4) is 11.5 Å². The van der Waals surface area contributed by atoms with Crippen LogP contribution in [0.3, 0.4) is 0 Å². The van der Waals surface area contributed by atoms with E-state index in [-0.39, 0.29) is 45.7 Å². The van der Waals surface area contributed by atoms with E-state index in [1.54, 1.807) is 24.3 Å². The van der Waals surface area contributed by atoms with Crippen LogP contribution < -0.4 is 10.6 Å². The van der Waals surface area contributed by atoms with Gasteiger partial charge in [0.2, 0.25) is 0 Å². The summed E-state index contributed by atoms with van der Waals surface area (Å²) in [5.41, 5.74) is 0.00203. The van der Waals surface area contributed by atoms with Crippen LogP contribution in [0.5, 0.6) is 11.5 Å². The van der Waals surface area contributed by atoms with Gasteiger partial charge in [-0.15, -0.1) is 0 Å². The van der Waals surface area contributed by atoms with Crippen molar-refractivity contribution in [3.05, 3.63) is 57.6 Å². The molecule has 8 nitrogen and oxygen atoms in total. The van der Waals surface area contributed by atoms with Crippen LogP contribution >= 0.6 is 23.2 Å². The Morgan fingerprint density at radius 2 is 1.08 bits per heavy atom. The van der Waals surface area contributed by atoms with Crippen molar-refractivity contribution < 1.29 is 29.3 Å². The molecular formula is C26H34Cl2N2O6. The summed E-state index contributed by atoms with van der Waals surface area (Å²) in [6, 6.07) is 9.12. The van der Waals surface area contributed by atoms with E-state index < -0.39 is 24.1 Å². The number of phenols is 2. The number of aromatic hydroxyl groups is 2. The molecular weight excluding hydrogens is 507 g/mol. The quantitative estimate of drug-likeness (QED) is 0.271. The topological polar surface area (TPSA) is 117 Å². The molecule has 0 heterocycles. The molecule has 2 unspecified atom stereocenters. The Kier molecular flexibility index (Phi) is 10.0. The maximum atomic E-state index is 12.8. The van der Waals surface area contributed by atoms with Gasteiger partial charge in [-0.25, -0.2) is 9.59 Å². The molecule has 4 N–H and O–H groups in total. The first-order valence-corrected chi connectivity index (χ1v) is 12.2. The number of esters is 2. The number of hydrogen-bond acceptors (Lipinski definition) is 8. The first-order chi connectivity index (χ1) is 16.6. The van der Waals surface area contributed by atoms with Crippen molar-refractivity contribution in [2.24, 2.45) is 0 Å². The lowest BCUT2D eigenvalue weighted by molar-refractivity contribution is -0.174. The van der Waals surface area contributed by atoms with Crippen LogP contribution in [-0.2, 0) is 19.1 Å². The first kappa shape index (κ1) is 29.7. The second-order valence-corrected chi connectivity index (χ2v) is 11.2. The molecule has 36 heavy (non-hydrogen) atoms. The highest BCUT2D eigenvalue weighted by Gasteiger charge is 2.31. The van der Waals surface area contributed by atoms with Crippen LogP contribution in [0.25, 0.3) is 0 Å². The summed E-state index contributed by atoms with van der Waals surface area (Å²) in [6.45, 7) is 11.8. The van der Waals surface area contributed by atoms with Crippen LogP contribution in [0.4, 0.5) is 0 Å². The molecule has 2 atom stereocenters. The van der Waals surface area contributed by atoms with E-state index in [9.17, 15) is 19.8 Å². The maximum Gasteiger partial charge on any atom is 0.418 e. The second-order valence-electron chi connectivity index (χ2n) is 10.4. The monoisotopic (exact) mass is 540 g/mol. The van der Waals surface area contributed by atoms with Gasteiger partial charge in [-0.05, 0) is 53.7 Å². The van der Waals surface area contributed by atoms with Crippen LogP contribution in [0, 0.1) is 0 Å². The van der Waals surface area contributed by atoms with Gasteiger partial charge in [0.15, 0.2) is 0 Å². The molecule has 0 saturated carbocycles.